The molecule has 0 radical (unpaired) electrons. The van der Waals surface area contributed by atoms with E-state index in [-0.39, 0.29) is 0 Å². The highest BCUT2D eigenvalue weighted by atomic mass is 14.3. The van der Waals surface area contributed by atoms with Crippen LogP contribution in [0.1, 0.15) is 65.2 Å². The van der Waals surface area contributed by atoms with E-state index in [0.29, 0.717) is 0 Å². The normalized spacial score (nSPS) is 30.1. The van der Waals surface area contributed by atoms with Gasteiger partial charge in [-0.3, -0.25) is 0 Å². The molecule has 2 atom stereocenters. The minimum atomic E-state index is 1.11. The van der Waals surface area contributed by atoms with E-state index in [2.05, 4.69) is 13.5 Å². The largest absolute Gasteiger partial charge is 0.100 e. The van der Waals surface area contributed by atoms with Gasteiger partial charge in [-0.2, -0.15) is 0 Å². The second kappa shape index (κ2) is 6.27. The average molecular weight is 194 g/mol. The van der Waals surface area contributed by atoms with Crippen LogP contribution >= 0.6 is 0 Å². The summed E-state index contributed by atoms with van der Waals surface area (Å²) in [7, 11) is 0. The number of fused-ring (bicyclic) bond motifs is 1. The number of rotatable bonds is 1. The minimum absolute atomic E-state index is 1.11. The molecule has 0 N–H and O–H groups in total. The Labute approximate surface area is 89.8 Å². The molecule has 0 aromatic heterocycles. The van der Waals surface area contributed by atoms with Crippen LogP contribution in [0.2, 0.25) is 0 Å². The van der Waals surface area contributed by atoms with E-state index in [9.17, 15) is 0 Å². The van der Waals surface area contributed by atoms with Crippen molar-refractivity contribution >= 4 is 0 Å². The molecule has 2 saturated carbocycles. The Bertz CT molecular complexity index is 157. The highest BCUT2D eigenvalue weighted by Gasteiger charge is 2.28. The molecule has 82 valence electrons. The molecule has 14 heavy (non-hydrogen) atoms. The molecule has 0 spiro atoms. The fourth-order valence-corrected chi connectivity index (χ4v) is 2.69. The van der Waals surface area contributed by atoms with Gasteiger partial charge >= 0.3 is 0 Å². The van der Waals surface area contributed by atoms with Gasteiger partial charge in [-0.05, 0) is 25.2 Å². The van der Waals surface area contributed by atoms with Crippen molar-refractivity contribution in [3.05, 3.63) is 12.2 Å². The average Bonchev–Trinajstić information content (AvgIpc) is 2.66. The molecule has 2 unspecified atom stereocenters. The molecule has 0 bridgehead atoms. The van der Waals surface area contributed by atoms with Gasteiger partial charge in [0, 0.05) is 0 Å². The quantitative estimate of drug-likeness (QED) is 0.518. The number of hydrogen-bond donors (Lipinski definition) is 0. The van der Waals surface area contributed by atoms with Gasteiger partial charge < -0.3 is 0 Å². The molecule has 0 saturated heterocycles. The highest BCUT2D eigenvalue weighted by molar-refractivity contribution is 4.84. The van der Waals surface area contributed by atoms with Crippen molar-refractivity contribution in [1.82, 2.24) is 0 Å². The molecule has 0 nitrogen and oxygen atoms in total. The first-order valence-corrected chi connectivity index (χ1v) is 6.38. The summed E-state index contributed by atoms with van der Waals surface area (Å²) in [6, 6.07) is 0. The van der Waals surface area contributed by atoms with Gasteiger partial charge in [0.25, 0.3) is 0 Å². The zero-order valence-electron chi connectivity index (χ0n) is 10.0. The predicted molar refractivity (Wildman–Crippen MR) is 64.4 cm³/mol. The van der Waals surface area contributed by atoms with Crippen molar-refractivity contribution in [3.8, 4) is 0 Å². The summed E-state index contributed by atoms with van der Waals surface area (Å²) in [4.78, 5) is 0. The maximum atomic E-state index is 3.67. The molecular formula is C14H26. The van der Waals surface area contributed by atoms with Gasteiger partial charge in [0.05, 0.1) is 0 Å². The van der Waals surface area contributed by atoms with Crippen LogP contribution in [0.15, 0.2) is 12.2 Å². The summed E-state index contributed by atoms with van der Waals surface area (Å²) in [5.74, 6) is 2.33. The number of allylic oxidation sites excluding steroid dienone is 1. The lowest BCUT2D eigenvalue weighted by atomic mass is 9.82. The SMILES string of the molecule is C1CCC2CCCC2C1.C=C(C)CC. The highest BCUT2D eigenvalue weighted by Crippen LogP contribution is 2.41. The lowest BCUT2D eigenvalue weighted by Gasteiger charge is -2.24. The van der Waals surface area contributed by atoms with E-state index >= 15 is 0 Å². The zero-order valence-corrected chi connectivity index (χ0v) is 10.0. The van der Waals surface area contributed by atoms with Crippen LogP contribution in [0.3, 0.4) is 0 Å². The fraction of sp³-hybridized carbons (Fsp3) is 0.857. The smallest absolute Gasteiger partial charge is 0.0354 e. The molecule has 2 aliphatic rings. The van der Waals surface area contributed by atoms with Crippen molar-refractivity contribution in [2.45, 2.75) is 65.2 Å². The van der Waals surface area contributed by atoms with Crippen molar-refractivity contribution in [2.24, 2.45) is 11.8 Å². The molecule has 0 amide bonds. The van der Waals surface area contributed by atoms with E-state index in [4.69, 9.17) is 0 Å². The third-order valence-electron chi connectivity index (χ3n) is 3.82. The van der Waals surface area contributed by atoms with Gasteiger partial charge in [0.2, 0.25) is 0 Å². The fourth-order valence-electron chi connectivity index (χ4n) is 2.69. The van der Waals surface area contributed by atoms with Crippen molar-refractivity contribution < 1.29 is 0 Å². The van der Waals surface area contributed by atoms with E-state index in [0.717, 1.165) is 6.42 Å². The van der Waals surface area contributed by atoms with Gasteiger partial charge in [-0.15, -0.1) is 6.58 Å². The van der Waals surface area contributed by atoms with Gasteiger partial charge in [-0.25, -0.2) is 0 Å². The summed E-state index contributed by atoms with van der Waals surface area (Å²) in [6.45, 7) is 7.80. The first kappa shape index (κ1) is 11.8. The summed E-state index contributed by atoms with van der Waals surface area (Å²) in [6.07, 6.45) is 11.9. The Morgan fingerprint density at radius 3 is 1.71 bits per heavy atom. The van der Waals surface area contributed by atoms with E-state index in [1.54, 1.807) is 25.7 Å². The van der Waals surface area contributed by atoms with Crippen LogP contribution < -0.4 is 0 Å². The minimum Gasteiger partial charge on any atom is -0.100 e. The van der Waals surface area contributed by atoms with Crippen molar-refractivity contribution in [1.29, 1.82) is 0 Å². The maximum absolute atomic E-state index is 3.67. The third kappa shape index (κ3) is 3.86. The summed E-state index contributed by atoms with van der Waals surface area (Å²) in [5, 5.41) is 0. The molecule has 2 aliphatic carbocycles. The molecule has 0 aromatic rings. The zero-order chi connectivity index (χ0) is 10.4. The Morgan fingerprint density at radius 2 is 1.36 bits per heavy atom. The lowest BCUT2D eigenvalue weighted by Crippen LogP contribution is -2.12. The molecule has 0 aromatic carbocycles. The monoisotopic (exact) mass is 194 g/mol. The summed E-state index contributed by atoms with van der Waals surface area (Å²) < 4.78 is 0. The third-order valence-corrected chi connectivity index (χ3v) is 3.82. The first-order chi connectivity index (χ1) is 6.74. The standard InChI is InChI=1S/C9H16.C5H10/c1-2-5-9-7-3-6-8(9)4-1;1-4-5(2)3/h8-9H,1-7H2;2,4H2,1,3H3. The van der Waals surface area contributed by atoms with Crippen molar-refractivity contribution in [2.75, 3.05) is 0 Å². The molecule has 0 heterocycles. The van der Waals surface area contributed by atoms with Crippen LogP contribution in [0, 0.1) is 11.8 Å². The van der Waals surface area contributed by atoms with E-state index in [1.807, 2.05) is 6.92 Å². The predicted octanol–water partition coefficient (Wildman–Crippen LogP) is 4.95. The lowest BCUT2D eigenvalue weighted by molar-refractivity contribution is 0.277. The second-order valence-corrected chi connectivity index (χ2v) is 5.05. The van der Waals surface area contributed by atoms with Crippen LogP contribution in [0.25, 0.3) is 0 Å². The van der Waals surface area contributed by atoms with Crippen LogP contribution in [0.4, 0.5) is 0 Å². The Hall–Kier alpha value is -0.260. The van der Waals surface area contributed by atoms with Crippen LogP contribution in [-0.4, -0.2) is 0 Å². The topological polar surface area (TPSA) is 0 Å². The van der Waals surface area contributed by atoms with Crippen molar-refractivity contribution in [3.63, 3.8) is 0 Å². The summed E-state index contributed by atoms with van der Waals surface area (Å²) in [5.41, 5.74) is 1.25. The van der Waals surface area contributed by atoms with Gasteiger partial charge in [-0.1, -0.05) is 57.4 Å². The molecule has 0 heteroatoms. The molecule has 2 fully saturated rings. The Kier molecular flexibility index (Phi) is 5.29. The van der Waals surface area contributed by atoms with Gasteiger partial charge in [0.15, 0.2) is 0 Å². The Balaban J connectivity index is 0.000000171. The van der Waals surface area contributed by atoms with E-state index < -0.39 is 0 Å². The maximum Gasteiger partial charge on any atom is -0.0354 e. The molecule has 2 rings (SSSR count). The Morgan fingerprint density at radius 1 is 1.00 bits per heavy atom. The van der Waals surface area contributed by atoms with Crippen LogP contribution in [-0.2, 0) is 0 Å². The summed E-state index contributed by atoms with van der Waals surface area (Å²) >= 11 is 0. The van der Waals surface area contributed by atoms with Gasteiger partial charge in [0.1, 0.15) is 0 Å². The first-order valence-electron chi connectivity index (χ1n) is 6.38. The molecular weight excluding hydrogens is 168 g/mol. The van der Waals surface area contributed by atoms with Crippen LogP contribution in [0.5, 0.6) is 0 Å². The molecule has 0 aliphatic heterocycles. The van der Waals surface area contributed by atoms with E-state index in [1.165, 1.54) is 36.7 Å². The number of hydrogen-bond acceptors (Lipinski definition) is 0. The second-order valence-electron chi connectivity index (χ2n) is 5.05.